The molecule has 1 amide bonds. The van der Waals surface area contributed by atoms with Gasteiger partial charge in [-0.3, -0.25) is 9.48 Å². The molecular formula is C13H18N6OS. The topological polar surface area (TPSA) is 75.9 Å². The number of rotatable bonds is 4. The number of nitrogens with one attached hydrogen (secondary N) is 1. The van der Waals surface area contributed by atoms with Gasteiger partial charge in [-0.1, -0.05) is 4.49 Å². The van der Waals surface area contributed by atoms with Crippen LogP contribution in [-0.4, -0.2) is 43.3 Å². The molecule has 1 aliphatic rings. The summed E-state index contributed by atoms with van der Waals surface area (Å²) in [7, 11) is 3.77. The Morgan fingerprint density at radius 2 is 2.29 bits per heavy atom. The number of nitrogens with zero attached hydrogens (tertiary/aromatic N) is 5. The largest absolute Gasteiger partial charge is 0.337 e. The predicted octanol–water partition coefficient (Wildman–Crippen LogP) is 0.642. The Hall–Kier alpha value is -1.80. The van der Waals surface area contributed by atoms with E-state index >= 15 is 0 Å². The van der Waals surface area contributed by atoms with Crippen molar-refractivity contribution in [3.8, 4) is 0 Å². The smallest absolute Gasteiger partial charge is 0.224 e. The van der Waals surface area contributed by atoms with Crippen LogP contribution in [0.3, 0.4) is 0 Å². The van der Waals surface area contributed by atoms with Crippen LogP contribution in [0, 0.1) is 6.92 Å². The Balaban J connectivity index is 1.81. The highest BCUT2D eigenvalue weighted by molar-refractivity contribution is 7.03. The molecule has 0 unspecified atom stereocenters. The molecule has 2 aromatic rings. The molecule has 8 heteroatoms. The number of aromatic nitrogens is 4. The maximum absolute atomic E-state index is 12.1. The van der Waals surface area contributed by atoms with E-state index in [1.807, 2.05) is 37.3 Å². The summed E-state index contributed by atoms with van der Waals surface area (Å²) in [5.74, 6) is 0.150. The quantitative estimate of drug-likeness (QED) is 0.897. The van der Waals surface area contributed by atoms with Gasteiger partial charge in [0.2, 0.25) is 5.91 Å². The number of hydrogen-bond donors (Lipinski definition) is 1. The van der Waals surface area contributed by atoms with E-state index < -0.39 is 0 Å². The van der Waals surface area contributed by atoms with Gasteiger partial charge in [0.15, 0.2) is 0 Å². The third-order valence-corrected chi connectivity index (χ3v) is 4.68. The second kappa shape index (κ2) is 5.53. The molecule has 3 heterocycles. The standard InChI is InChI=1S/C13H18N6OS/c1-8-10(6-15-19(8)3)13-11(4-12(20)18(13)2)14-5-9-7-21-17-16-9/h6-7,11,13-14H,4-5H2,1-3H3/t11-,13+/m1/s1. The third kappa shape index (κ3) is 2.56. The van der Waals surface area contributed by atoms with Crippen molar-refractivity contribution in [1.29, 1.82) is 0 Å². The van der Waals surface area contributed by atoms with Crippen LogP contribution in [0.4, 0.5) is 0 Å². The molecule has 0 saturated carbocycles. The lowest BCUT2D eigenvalue weighted by molar-refractivity contribution is -0.127. The molecule has 1 fully saturated rings. The van der Waals surface area contributed by atoms with Crippen LogP contribution in [-0.2, 0) is 18.4 Å². The highest BCUT2D eigenvalue weighted by Gasteiger charge is 2.39. The molecule has 2 atom stereocenters. The van der Waals surface area contributed by atoms with Gasteiger partial charge in [-0.15, -0.1) is 5.10 Å². The van der Waals surface area contributed by atoms with Crippen LogP contribution < -0.4 is 5.32 Å². The number of likely N-dealkylation sites (tertiary alicyclic amines) is 1. The lowest BCUT2D eigenvalue weighted by atomic mass is 10.0. The molecule has 1 saturated heterocycles. The van der Waals surface area contributed by atoms with E-state index in [1.165, 1.54) is 11.5 Å². The summed E-state index contributed by atoms with van der Waals surface area (Å²) in [5, 5.41) is 13.7. The van der Waals surface area contributed by atoms with E-state index in [4.69, 9.17) is 0 Å². The zero-order chi connectivity index (χ0) is 15.0. The highest BCUT2D eigenvalue weighted by atomic mass is 32.1. The molecular weight excluding hydrogens is 288 g/mol. The Bertz CT molecular complexity index is 637. The van der Waals surface area contributed by atoms with Gasteiger partial charge in [-0.2, -0.15) is 5.10 Å². The van der Waals surface area contributed by atoms with Crippen molar-refractivity contribution >= 4 is 17.4 Å². The van der Waals surface area contributed by atoms with Crippen molar-refractivity contribution in [2.45, 2.75) is 32.0 Å². The number of aryl methyl sites for hydroxylation is 1. The van der Waals surface area contributed by atoms with Crippen molar-refractivity contribution in [1.82, 2.24) is 29.6 Å². The first-order chi connectivity index (χ1) is 10.1. The molecule has 2 aromatic heterocycles. The Morgan fingerprint density at radius 3 is 2.90 bits per heavy atom. The zero-order valence-corrected chi connectivity index (χ0v) is 13.1. The summed E-state index contributed by atoms with van der Waals surface area (Å²) in [6.45, 7) is 2.65. The summed E-state index contributed by atoms with van der Waals surface area (Å²) in [6.07, 6.45) is 2.35. The number of hydrogen-bond acceptors (Lipinski definition) is 6. The molecule has 0 bridgehead atoms. The highest BCUT2D eigenvalue weighted by Crippen LogP contribution is 2.33. The summed E-state index contributed by atoms with van der Waals surface area (Å²) in [6, 6.07) is 0.0740. The second-order valence-electron chi connectivity index (χ2n) is 5.35. The van der Waals surface area contributed by atoms with Gasteiger partial charge in [-0.25, -0.2) is 0 Å². The van der Waals surface area contributed by atoms with E-state index in [0.29, 0.717) is 13.0 Å². The van der Waals surface area contributed by atoms with Crippen LogP contribution in [0.2, 0.25) is 0 Å². The van der Waals surface area contributed by atoms with Crippen LogP contribution in [0.25, 0.3) is 0 Å². The normalized spacial score (nSPS) is 22.2. The first-order valence-corrected chi connectivity index (χ1v) is 7.65. The van der Waals surface area contributed by atoms with Gasteiger partial charge in [0.1, 0.15) is 0 Å². The van der Waals surface area contributed by atoms with E-state index in [-0.39, 0.29) is 18.0 Å². The Labute approximate surface area is 127 Å². The van der Waals surface area contributed by atoms with Crippen LogP contribution in [0.1, 0.15) is 29.4 Å². The van der Waals surface area contributed by atoms with Crippen molar-refractivity contribution in [3.05, 3.63) is 28.5 Å². The minimum Gasteiger partial charge on any atom is -0.337 e. The molecule has 0 aromatic carbocycles. The second-order valence-corrected chi connectivity index (χ2v) is 5.96. The zero-order valence-electron chi connectivity index (χ0n) is 12.3. The summed E-state index contributed by atoms with van der Waals surface area (Å²) < 4.78 is 5.69. The van der Waals surface area contributed by atoms with Crippen LogP contribution in [0.5, 0.6) is 0 Å². The summed E-state index contributed by atoms with van der Waals surface area (Å²) >= 11 is 1.33. The molecule has 1 N–H and O–H groups in total. The number of carbonyl (C=O) groups excluding carboxylic acids is 1. The molecule has 21 heavy (non-hydrogen) atoms. The lowest BCUT2D eigenvalue weighted by Crippen LogP contribution is -2.35. The van der Waals surface area contributed by atoms with Crippen LogP contribution in [0.15, 0.2) is 11.6 Å². The summed E-state index contributed by atoms with van der Waals surface area (Å²) in [4.78, 5) is 13.9. The molecule has 3 rings (SSSR count). The Morgan fingerprint density at radius 1 is 1.48 bits per heavy atom. The van der Waals surface area contributed by atoms with Gasteiger partial charge in [0.05, 0.1) is 17.9 Å². The summed E-state index contributed by atoms with van der Waals surface area (Å²) in [5.41, 5.74) is 3.09. The molecule has 0 spiro atoms. The molecule has 7 nitrogen and oxygen atoms in total. The number of likely N-dealkylation sites (N-methyl/N-ethyl adjacent to an activating group) is 1. The molecule has 112 valence electrons. The van der Waals surface area contributed by atoms with E-state index in [0.717, 1.165) is 17.0 Å². The number of amides is 1. The predicted molar refractivity (Wildman–Crippen MR) is 78.6 cm³/mol. The van der Waals surface area contributed by atoms with Crippen molar-refractivity contribution in [2.75, 3.05) is 7.05 Å². The lowest BCUT2D eigenvalue weighted by Gasteiger charge is -2.25. The van der Waals surface area contributed by atoms with Gasteiger partial charge >= 0.3 is 0 Å². The fourth-order valence-electron chi connectivity index (χ4n) is 2.78. The maximum Gasteiger partial charge on any atom is 0.224 e. The van der Waals surface area contributed by atoms with E-state index in [2.05, 4.69) is 20.0 Å². The maximum atomic E-state index is 12.1. The van der Waals surface area contributed by atoms with E-state index in [1.54, 1.807) is 4.90 Å². The first kappa shape index (κ1) is 14.2. The fraction of sp³-hybridized carbons (Fsp3) is 0.538. The average Bonchev–Trinajstić information content (AvgIpc) is 3.14. The van der Waals surface area contributed by atoms with Gasteiger partial charge < -0.3 is 10.2 Å². The van der Waals surface area contributed by atoms with Crippen molar-refractivity contribution in [2.24, 2.45) is 7.05 Å². The first-order valence-electron chi connectivity index (χ1n) is 6.81. The van der Waals surface area contributed by atoms with Gasteiger partial charge in [0, 0.05) is 49.7 Å². The molecule has 1 aliphatic heterocycles. The Kier molecular flexibility index (Phi) is 3.73. The van der Waals surface area contributed by atoms with Gasteiger partial charge in [-0.05, 0) is 18.5 Å². The number of carbonyl (C=O) groups is 1. The molecule has 0 aliphatic carbocycles. The minimum atomic E-state index is 0.0118. The van der Waals surface area contributed by atoms with Crippen molar-refractivity contribution in [3.63, 3.8) is 0 Å². The molecule has 0 radical (unpaired) electrons. The van der Waals surface area contributed by atoms with Crippen LogP contribution >= 0.6 is 11.5 Å². The SMILES string of the molecule is Cc1c([C@H]2[C@H](NCc3csnn3)CC(=O)N2C)cnn1C. The average molecular weight is 306 g/mol. The fourth-order valence-corrected chi connectivity index (χ4v) is 3.23. The van der Waals surface area contributed by atoms with Crippen molar-refractivity contribution < 1.29 is 4.79 Å². The monoisotopic (exact) mass is 306 g/mol. The minimum absolute atomic E-state index is 0.0118. The third-order valence-electron chi connectivity index (χ3n) is 4.13. The van der Waals surface area contributed by atoms with E-state index in [9.17, 15) is 4.79 Å². The van der Waals surface area contributed by atoms with Gasteiger partial charge in [0.25, 0.3) is 0 Å².